The molecule has 0 bridgehead atoms. The summed E-state index contributed by atoms with van der Waals surface area (Å²) in [5, 5.41) is 7.95. The van der Waals surface area contributed by atoms with Crippen molar-refractivity contribution in [1.82, 2.24) is 5.12 Å². The molecular weight excluding hydrogens is 132 g/mol. The van der Waals surface area contributed by atoms with Crippen molar-refractivity contribution in [3.05, 3.63) is 12.2 Å². The lowest BCUT2D eigenvalue weighted by molar-refractivity contribution is 0.213. The van der Waals surface area contributed by atoms with Crippen LogP contribution in [0.5, 0.6) is 0 Å². The molecule has 0 atom stereocenters. The molecule has 0 spiro atoms. The zero-order valence-electron chi connectivity index (χ0n) is 5.14. The number of allylic oxidation sites excluding steroid dienone is 2. The smallest absolute Gasteiger partial charge is 0.348 e. The Bertz CT molecular complexity index is 202. The summed E-state index contributed by atoms with van der Waals surface area (Å²) < 4.78 is 0. The number of amides is 2. The molecule has 0 aromatic heterocycles. The molecule has 2 amide bonds. The van der Waals surface area contributed by atoms with Gasteiger partial charge in [-0.15, -0.1) is 0 Å². The number of nitrogens with two attached hydrogens (primary N) is 1. The molecule has 1 heterocycles. The van der Waals surface area contributed by atoms with Crippen LogP contribution in [0.1, 0.15) is 0 Å². The van der Waals surface area contributed by atoms with Crippen LogP contribution in [0.4, 0.5) is 4.79 Å². The first-order valence-electron chi connectivity index (χ1n) is 2.63. The molecule has 0 radical (unpaired) electrons. The summed E-state index contributed by atoms with van der Waals surface area (Å²) in [6.45, 7) is 0. The van der Waals surface area contributed by atoms with E-state index in [0.717, 1.165) is 5.12 Å². The highest BCUT2D eigenvalue weighted by Gasteiger charge is 2.02. The van der Waals surface area contributed by atoms with Crippen molar-refractivity contribution in [2.24, 2.45) is 15.9 Å². The van der Waals surface area contributed by atoms with Gasteiger partial charge in [0.05, 0.1) is 0 Å². The topological polar surface area (TPSA) is 71.1 Å². The van der Waals surface area contributed by atoms with Crippen molar-refractivity contribution in [1.29, 1.82) is 0 Å². The highest BCUT2D eigenvalue weighted by molar-refractivity contribution is 5.84. The summed E-state index contributed by atoms with van der Waals surface area (Å²) in [5.74, 6) is 0. The summed E-state index contributed by atoms with van der Waals surface area (Å²) in [4.78, 5) is 10.4. The summed E-state index contributed by atoms with van der Waals surface area (Å²) in [7, 11) is 0. The Balaban J connectivity index is 2.72. The third kappa shape index (κ3) is 1.41. The Morgan fingerprint density at radius 2 is 1.80 bits per heavy atom. The number of hydrogen-bond donors (Lipinski definition) is 1. The zero-order valence-corrected chi connectivity index (χ0v) is 5.14. The molecule has 1 rings (SSSR count). The number of nitrogens with zero attached hydrogens (tertiary/aromatic N) is 3. The van der Waals surface area contributed by atoms with Gasteiger partial charge in [-0.05, 0) is 12.2 Å². The van der Waals surface area contributed by atoms with Gasteiger partial charge in [0.15, 0.2) is 0 Å². The largest absolute Gasteiger partial charge is 0.356 e. The fourth-order valence-electron chi connectivity index (χ4n) is 0.446. The fraction of sp³-hybridized carbons (Fsp3) is 0. The minimum atomic E-state index is -0.698. The maximum Gasteiger partial charge on any atom is 0.356 e. The summed E-state index contributed by atoms with van der Waals surface area (Å²) in [6, 6.07) is -0.698. The van der Waals surface area contributed by atoms with E-state index in [1.165, 1.54) is 12.4 Å². The van der Waals surface area contributed by atoms with Crippen LogP contribution in [0.15, 0.2) is 22.4 Å². The van der Waals surface area contributed by atoms with Crippen LogP contribution in [-0.4, -0.2) is 23.6 Å². The van der Waals surface area contributed by atoms with Crippen molar-refractivity contribution >= 4 is 18.5 Å². The minimum absolute atomic E-state index is 0.698. The van der Waals surface area contributed by atoms with Crippen LogP contribution in [-0.2, 0) is 0 Å². The van der Waals surface area contributed by atoms with Crippen molar-refractivity contribution in [2.75, 3.05) is 0 Å². The van der Waals surface area contributed by atoms with Crippen molar-refractivity contribution in [3.63, 3.8) is 0 Å². The molecule has 0 aromatic carbocycles. The minimum Gasteiger partial charge on any atom is -0.348 e. The Labute approximate surface area is 57.5 Å². The van der Waals surface area contributed by atoms with Crippen LogP contribution in [0.25, 0.3) is 0 Å². The Morgan fingerprint density at radius 3 is 2.20 bits per heavy atom. The van der Waals surface area contributed by atoms with Gasteiger partial charge in [-0.3, -0.25) is 0 Å². The highest BCUT2D eigenvalue weighted by atomic mass is 16.2. The predicted molar refractivity (Wildman–Crippen MR) is 37.5 cm³/mol. The number of hydrazone groups is 2. The molecular formula is C5H6N4O. The molecule has 5 nitrogen and oxygen atoms in total. The van der Waals surface area contributed by atoms with E-state index in [9.17, 15) is 4.79 Å². The third-order valence-corrected chi connectivity index (χ3v) is 0.832. The second kappa shape index (κ2) is 2.77. The van der Waals surface area contributed by atoms with E-state index < -0.39 is 6.03 Å². The van der Waals surface area contributed by atoms with Gasteiger partial charge in [0.1, 0.15) is 0 Å². The average Bonchev–Trinajstić information content (AvgIpc) is 2.12. The van der Waals surface area contributed by atoms with E-state index in [-0.39, 0.29) is 0 Å². The van der Waals surface area contributed by atoms with Crippen LogP contribution in [0, 0.1) is 0 Å². The van der Waals surface area contributed by atoms with E-state index in [2.05, 4.69) is 10.2 Å². The van der Waals surface area contributed by atoms with Gasteiger partial charge in [-0.25, -0.2) is 4.79 Å². The summed E-state index contributed by atoms with van der Waals surface area (Å²) >= 11 is 0. The van der Waals surface area contributed by atoms with Gasteiger partial charge in [0.25, 0.3) is 0 Å². The monoisotopic (exact) mass is 138 g/mol. The molecule has 10 heavy (non-hydrogen) atoms. The number of hydrogen-bond acceptors (Lipinski definition) is 3. The van der Waals surface area contributed by atoms with E-state index in [0.29, 0.717) is 0 Å². The van der Waals surface area contributed by atoms with E-state index in [1.54, 1.807) is 12.2 Å². The molecule has 0 fully saturated rings. The SMILES string of the molecule is NC(=O)N1N=CC=CC=N1. The normalized spacial score (nSPS) is 15.4. The highest BCUT2D eigenvalue weighted by Crippen LogP contribution is 1.90. The summed E-state index contributed by atoms with van der Waals surface area (Å²) in [6.07, 6.45) is 6.15. The number of urea groups is 1. The molecule has 1 aliphatic heterocycles. The number of rotatable bonds is 0. The first-order valence-corrected chi connectivity index (χ1v) is 2.63. The second-order valence-electron chi connectivity index (χ2n) is 1.54. The standard InChI is InChI=1S/C5H6N4O/c6-5(10)9-7-3-1-2-4-8-9/h1-4H,(H2,6,10). The van der Waals surface area contributed by atoms with E-state index in [4.69, 9.17) is 5.73 Å². The third-order valence-electron chi connectivity index (χ3n) is 0.832. The lowest BCUT2D eigenvalue weighted by atomic mass is 10.5. The van der Waals surface area contributed by atoms with Crippen LogP contribution in [0.3, 0.4) is 0 Å². The molecule has 0 aromatic rings. The van der Waals surface area contributed by atoms with Crippen molar-refractivity contribution in [2.45, 2.75) is 0 Å². The van der Waals surface area contributed by atoms with Gasteiger partial charge >= 0.3 is 6.03 Å². The van der Waals surface area contributed by atoms with Crippen LogP contribution in [0.2, 0.25) is 0 Å². The lowest BCUT2D eigenvalue weighted by Crippen LogP contribution is -2.26. The number of primary amides is 1. The molecule has 52 valence electrons. The molecule has 5 heteroatoms. The maximum absolute atomic E-state index is 10.4. The first kappa shape index (κ1) is 6.47. The van der Waals surface area contributed by atoms with E-state index >= 15 is 0 Å². The average molecular weight is 138 g/mol. The van der Waals surface area contributed by atoms with Crippen molar-refractivity contribution < 1.29 is 4.79 Å². The van der Waals surface area contributed by atoms with E-state index in [1.807, 2.05) is 0 Å². The second-order valence-corrected chi connectivity index (χ2v) is 1.54. The van der Waals surface area contributed by atoms with Gasteiger partial charge in [0, 0.05) is 12.4 Å². The van der Waals surface area contributed by atoms with Gasteiger partial charge in [-0.2, -0.15) is 10.2 Å². The Morgan fingerprint density at radius 1 is 1.30 bits per heavy atom. The van der Waals surface area contributed by atoms with Gasteiger partial charge < -0.3 is 5.73 Å². The number of carbonyl (C=O) groups is 1. The number of carbonyl (C=O) groups excluding carboxylic acids is 1. The molecule has 1 aliphatic rings. The Hall–Kier alpha value is -1.65. The summed E-state index contributed by atoms with van der Waals surface area (Å²) in [5.41, 5.74) is 4.87. The zero-order chi connectivity index (χ0) is 7.40. The fourth-order valence-corrected chi connectivity index (χ4v) is 0.446. The lowest BCUT2D eigenvalue weighted by Gasteiger charge is -2.03. The van der Waals surface area contributed by atoms with Gasteiger partial charge in [-0.1, -0.05) is 5.12 Å². The quantitative estimate of drug-likeness (QED) is 0.499. The molecule has 0 aliphatic carbocycles. The first-order chi connectivity index (χ1) is 4.80. The molecule has 0 saturated carbocycles. The Kier molecular flexibility index (Phi) is 1.79. The van der Waals surface area contributed by atoms with Crippen LogP contribution < -0.4 is 5.73 Å². The predicted octanol–water partition coefficient (Wildman–Crippen LogP) is -0.0915. The van der Waals surface area contributed by atoms with Gasteiger partial charge in [0.2, 0.25) is 0 Å². The maximum atomic E-state index is 10.4. The molecule has 0 unspecified atom stereocenters. The van der Waals surface area contributed by atoms with Crippen LogP contribution >= 0.6 is 0 Å². The van der Waals surface area contributed by atoms with Crippen molar-refractivity contribution in [3.8, 4) is 0 Å². The molecule has 2 N–H and O–H groups in total. The molecule has 0 saturated heterocycles.